The maximum atomic E-state index is 11.8. The molecule has 0 bridgehead atoms. The molecule has 1 unspecified atom stereocenters. The molecule has 1 aromatic rings. The molecule has 1 aliphatic heterocycles. The Hall–Kier alpha value is -1.75. The third-order valence-electron chi connectivity index (χ3n) is 4.27. The molecular formula is C18H29N3O2. The minimum atomic E-state index is -0.111. The van der Waals surface area contributed by atoms with Crippen LogP contribution < -0.4 is 15.4 Å². The third kappa shape index (κ3) is 6.48. The van der Waals surface area contributed by atoms with Crippen molar-refractivity contribution < 1.29 is 9.53 Å². The lowest BCUT2D eigenvalue weighted by molar-refractivity contribution is 0.181. The van der Waals surface area contributed by atoms with Crippen molar-refractivity contribution in [1.82, 2.24) is 15.5 Å². The van der Waals surface area contributed by atoms with E-state index in [1.165, 1.54) is 25.9 Å². The lowest BCUT2D eigenvalue weighted by atomic mass is 10.0. The van der Waals surface area contributed by atoms with Crippen LogP contribution in [0.25, 0.3) is 0 Å². The number of ether oxygens (including phenoxy) is 1. The molecule has 0 aliphatic carbocycles. The minimum Gasteiger partial charge on any atom is -0.497 e. The molecule has 2 N–H and O–H groups in total. The van der Waals surface area contributed by atoms with Crippen LogP contribution in [-0.4, -0.2) is 44.2 Å². The van der Waals surface area contributed by atoms with Crippen LogP contribution in [0.15, 0.2) is 24.3 Å². The third-order valence-corrected chi connectivity index (χ3v) is 4.27. The fraction of sp³-hybridized carbons (Fsp3) is 0.611. The van der Waals surface area contributed by atoms with E-state index in [9.17, 15) is 4.79 Å². The highest BCUT2D eigenvalue weighted by molar-refractivity contribution is 5.73. The summed E-state index contributed by atoms with van der Waals surface area (Å²) in [5.74, 6) is 1.61. The average Bonchev–Trinajstić information content (AvgIpc) is 2.57. The predicted octanol–water partition coefficient (Wildman–Crippen LogP) is 2.62. The summed E-state index contributed by atoms with van der Waals surface area (Å²) in [4.78, 5) is 14.3. The zero-order valence-electron chi connectivity index (χ0n) is 14.3. The fourth-order valence-corrected chi connectivity index (χ4v) is 3.02. The van der Waals surface area contributed by atoms with Gasteiger partial charge in [-0.2, -0.15) is 0 Å². The van der Waals surface area contributed by atoms with Gasteiger partial charge in [-0.25, -0.2) is 4.79 Å². The predicted molar refractivity (Wildman–Crippen MR) is 92.7 cm³/mol. The first-order valence-electron chi connectivity index (χ1n) is 8.54. The molecule has 0 aromatic heterocycles. The van der Waals surface area contributed by atoms with E-state index >= 15 is 0 Å². The summed E-state index contributed by atoms with van der Waals surface area (Å²) in [6.45, 7) is 7.01. The Morgan fingerprint density at radius 3 is 3.04 bits per heavy atom. The molecule has 1 aromatic carbocycles. The van der Waals surface area contributed by atoms with Crippen molar-refractivity contribution in [3.05, 3.63) is 29.8 Å². The van der Waals surface area contributed by atoms with Crippen LogP contribution in [0.2, 0.25) is 0 Å². The van der Waals surface area contributed by atoms with Gasteiger partial charge in [0.1, 0.15) is 5.75 Å². The second-order valence-electron chi connectivity index (χ2n) is 6.36. The van der Waals surface area contributed by atoms with Gasteiger partial charge in [-0.1, -0.05) is 19.1 Å². The Bertz CT molecular complexity index is 493. The number of amides is 2. The number of methoxy groups -OCH3 is 1. The summed E-state index contributed by atoms with van der Waals surface area (Å²) >= 11 is 0. The summed E-state index contributed by atoms with van der Waals surface area (Å²) < 4.78 is 5.17. The number of nitrogens with one attached hydrogen (secondary N) is 2. The maximum Gasteiger partial charge on any atom is 0.315 e. The molecule has 1 heterocycles. The largest absolute Gasteiger partial charge is 0.497 e. The van der Waals surface area contributed by atoms with E-state index < -0.39 is 0 Å². The Balaban J connectivity index is 1.58. The number of piperidine rings is 1. The number of likely N-dealkylation sites (tertiary alicyclic amines) is 1. The molecule has 23 heavy (non-hydrogen) atoms. The van der Waals surface area contributed by atoms with Crippen molar-refractivity contribution in [2.45, 2.75) is 32.7 Å². The van der Waals surface area contributed by atoms with Crippen molar-refractivity contribution in [3.8, 4) is 5.75 Å². The molecule has 2 rings (SSSR count). The SMILES string of the molecule is COc1cccc(CNC(=O)NCCCN2CCCC(C)C2)c1. The number of hydrogen-bond donors (Lipinski definition) is 2. The zero-order valence-corrected chi connectivity index (χ0v) is 14.3. The van der Waals surface area contributed by atoms with E-state index in [2.05, 4.69) is 22.5 Å². The number of hydrogen-bond acceptors (Lipinski definition) is 3. The number of benzene rings is 1. The number of nitrogens with zero attached hydrogens (tertiary/aromatic N) is 1. The van der Waals surface area contributed by atoms with Crippen molar-refractivity contribution in [1.29, 1.82) is 0 Å². The quantitative estimate of drug-likeness (QED) is 0.760. The molecule has 1 saturated heterocycles. The van der Waals surface area contributed by atoms with Gasteiger partial charge in [0.05, 0.1) is 7.11 Å². The number of rotatable bonds is 7. The Morgan fingerprint density at radius 1 is 1.39 bits per heavy atom. The van der Waals surface area contributed by atoms with Gasteiger partial charge in [-0.3, -0.25) is 0 Å². The first kappa shape index (κ1) is 17.6. The molecular weight excluding hydrogens is 290 g/mol. The lowest BCUT2D eigenvalue weighted by Gasteiger charge is -2.30. The van der Waals surface area contributed by atoms with E-state index in [1.807, 2.05) is 24.3 Å². The summed E-state index contributed by atoms with van der Waals surface area (Å²) in [6, 6.07) is 7.61. The van der Waals surface area contributed by atoms with Crippen LogP contribution in [0.4, 0.5) is 4.79 Å². The second kappa shape index (κ2) is 9.40. The van der Waals surface area contributed by atoms with E-state index in [0.717, 1.165) is 36.7 Å². The Morgan fingerprint density at radius 2 is 2.26 bits per heavy atom. The second-order valence-corrected chi connectivity index (χ2v) is 6.36. The van der Waals surface area contributed by atoms with Crippen molar-refractivity contribution in [2.24, 2.45) is 5.92 Å². The van der Waals surface area contributed by atoms with E-state index in [4.69, 9.17) is 4.74 Å². The average molecular weight is 319 g/mol. The molecule has 5 nitrogen and oxygen atoms in total. The molecule has 0 radical (unpaired) electrons. The fourth-order valence-electron chi connectivity index (χ4n) is 3.02. The van der Waals surface area contributed by atoms with Crippen molar-refractivity contribution >= 4 is 6.03 Å². The van der Waals surface area contributed by atoms with Crippen LogP contribution in [0, 0.1) is 5.92 Å². The number of carbonyl (C=O) groups excluding carboxylic acids is 1. The van der Waals surface area contributed by atoms with Crippen LogP contribution in [0.1, 0.15) is 31.7 Å². The van der Waals surface area contributed by atoms with Crippen molar-refractivity contribution in [3.63, 3.8) is 0 Å². The van der Waals surface area contributed by atoms with Gasteiger partial charge in [-0.15, -0.1) is 0 Å². The molecule has 0 saturated carbocycles. The lowest BCUT2D eigenvalue weighted by Crippen LogP contribution is -2.38. The van der Waals surface area contributed by atoms with E-state index in [-0.39, 0.29) is 6.03 Å². The van der Waals surface area contributed by atoms with Gasteiger partial charge in [-0.05, 0) is 56.0 Å². The standard InChI is InChI=1S/C18H29N3O2/c1-15-6-4-10-21(14-15)11-5-9-19-18(22)20-13-16-7-3-8-17(12-16)23-2/h3,7-8,12,15H,4-6,9-11,13-14H2,1-2H3,(H2,19,20,22). The van der Waals surface area contributed by atoms with Gasteiger partial charge in [0.25, 0.3) is 0 Å². The van der Waals surface area contributed by atoms with Gasteiger partial charge in [0.2, 0.25) is 0 Å². The summed E-state index contributed by atoms with van der Waals surface area (Å²) in [7, 11) is 1.64. The maximum absolute atomic E-state index is 11.8. The highest BCUT2D eigenvalue weighted by Crippen LogP contribution is 2.15. The summed E-state index contributed by atoms with van der Waals surface area (Å²) in [5.41, 5.74) is 1.03. The highest BCUT2D eigenvalue weighted by Gasteiger charge is 2.15. The van der Waals surface area contributed by atoms with E-state index in [1.54, 1.807) is 7.11 Å². The Labute approximate surface area is 139 Å². The molecule has 0 spiro atoms. The minimum absolute atomic E-state index is 0.111. The first-order valence-corrected chi connectivity index (χ1v) is 8.54. The molecule has 5 heteroatoms. The smallest absolute Gasteiger partial charge is 0.315 e. The summed E-state index contributed by atoms with van der Waals surface area (Å²) in [6.07, 6.45) is 3.65. The molecule has 1 atom stereocenters. The zero-order chi connectivity index (χ0) is 16.5. The first-order chi connectivity index (χ1) is 11.2. The highest BCUT2D eigenvalue weighted by atomic mass is 16.5. The number of carbonyl (C=O) groups is 1. The van der Waals surface area contributed by atoms with Gasteiger partial charge in [0, 0.05) is 19.6 Å². The Kier molecular flexibility index (Phi) is 7.20. The van der Waals surface area contributed by atoms with E-state index in [0.29, 0.717) is 6.54 Å². The van der Waals surface area contributed by atoms with Crippen LogP contribution in [-0.2, 0) is 6.54 Å². The van der Waals surface area contributed by atoms with Gasteiger partial charge < -0.3 is 20.3 Å². The van der Waals surface area contributed by atoms with Gasteiger partial charge >= 0.3 is 6.03 Å². The molecule has 2 amide bonds. The van der Waals surface area contributed by atoms with Crippen LogP contribution >= 0.6 is 0 Å². The summed E-state index contributed by atoms with van der Waals surface area (Å²) in [5, 5.41) is 5.80. The van der Waals surface area contributed by atoms with Crippen molar-refractivity contribution in [2.75, 3.05) is 33.3 Å². The molecule has 128 valence electrons. The van der Waals surface area contributed by atoms with Crippen LogP contribution in [0.3, 0.4) is 0 Å². The normalized spacial score (nSPS) is 18.4. The monoisotopic (exact) mass is 319 g/mol. The van der Waals surface area contributed by atoms with Gasteiger partial charge in [0.15, 0.2) is 0 Å². The topological polar surface area (TPSA) is 53.6 Å². The van der Waals surface area contributed by atoms with Crippen LogP contribution in [0.5, 0.6) is 5.75 Å². The molecule has 1 fully saturated rings. The molecule has 1 aliphatic rings. The number of urea groups is 1.